The van der Waals surface area contributed by atoms with Gasteiger partial charge in [0, 0.05) is 26.7 Å². The van der Waals surface area contributed by atoms with Crippen molar-refractivity contribution in [3.05, 3.63) is 0 Å². The van der Waals surface area contributed by atoms with Crippen molar-refractivity contribution in [1.29, 1.82) is 0 Å². The second-order valence-electron chi connectivity index (χ2n) is 3.26. The lowest BCUT2D eigenvalue weighted by Gasteiger charge is -2.30. The number of hydrogen-bond donors (Lipinski definition) is 2. The Kier molecular flexibility index (Phi) is 3.66. The largest absolute Gasteiger partial charge is 0.396 e. The van der Waals surface area contributed by atoms with E-state index in [0.717, 1.165) is 12.8 Å². The standard InChI is InChI=1S/C7H16N2O3S/c1-8-13(11,12)9-4-2-3-7(5-9)6-10/h7-8,10H,2-6H2,1H3. The molecule has 1 atom stereocenters. The minimum Gasteiger partial charge on any atom is -0.396 e. The smallest absolute Gasteiger partial charge is 0.279 e. The van der Waals surface area contributed by atoms with Crippen molar-refractivity contribution in [2.45, 2.75) is 12.8 Å². The highest BCUT2D eigenvalue weighted by Gasteiger charge is 2.26. The first kappa shape index (κ1) is 10.9. The second kappa shape index (κ2) is 4.36. The van der Waals surface area contributed by atoms with Crippen molar-refractivity contribution in [1.82, 2.24) is 9.03 Å². The third-order valence-electron chi connectivity index (χ3n) is 2.34. The van der Waals surface area contributed by atoms with Crippen LogP contribution in [0.2, 0.25) is 0 Å². The number of nitrogens with zero attached hydrogens (tertiary/aromatic N) is 1. The van der Waals surface area contributed by atoms with Crippen LogP contribution in [0.4, 0.5) is 0 Å². The summed E-state index contributed by atoms with van der Waals surface area (Å²) in [5, 5.41) is 8.91. The average molecular weight is 208 g/mol. The monoisotopic (exact) mass is 208 g/mol. The third kappa shape index (κ3) is 2.63. The Morgan fingerprint density at radius 3 is 2.85 bits per heavy atom. The Morgan fingerprint density at radius 1 is 1.62 bits per heavy atom. The Labute approximate surface area is 78.9 Å². The fourth-order valence-electron chi connectivity index (χ4n) is 1.52. The van der Waals surface area contributed by atoms with Gasteiger partial charge in [0.25, 0.3) is 10.2 Å². The van der Waals surface area contributed by atoms with Crippen LogP contribution in [0.15, 0.2) is 0 Å². The van der Waals surface area contributed by atoms with E-state index in [9.17, 15) is 8.42 Å². The summed E-state index contributed by atoms with van der Waals surface area (Å²) >= 11 is 0. The summed E-state index contributed by atoms with van der Waals surface area (Å²) in [6.45, 7) is 1.05. The van der Waals surface area contributed by atoms with Crippen molar-refractivity contribution in [2.24, 2.45) is 5.92 Å². The molecule has 1 aliphatic rings. The number of nitrogens with one attached hydrogen (secondary N) is 1. The first-order valence-electron chi connectivity index (χ1n) is 4.39. The van der Waals surface area contributed by atoms with E-state index >= 15 is 0 Å². The highest BCUT2D eigenvalue weighted by molar-refractivity contribution is 7.87. The number of piperidine rings is 1. The summed E-state index contributed by atoms with van der Waals surface area (Å²) < 4.78 is 26.4. The van der Waals surface area contributed by atoms with Crippen LogP contribution in [0.5, 0.6) is 0 Å². The van der Waals surface area contributed by atoms with Crippen molar-refractivity contribution < 1.29 is 13.5 Å². The van der Waals surface area contributed by atoms with Gasteiger partial charge >= 0.3 is 0 Å². The zero-order valence-electron chi connectivity index (χ0n) is 7.73. The summed E-state index contributed by atoms with van der Waals surface area (Å²) in [6, 6.07) is 0. The van der Waals surface area contributed by atoms with E-state index in [1.54, 1.807) is 0 Å². The molecule has 1 unspecified atom stereocenters. The van der Waals surface area contributed by atoms with Crippen LogP contribution in [0, 0.1) is 5.92 Å². The fraction of sp³-hybridized carbons (Fsp3) is 1.00. The molecule has 5 nitrogen and oxygen atoms in total. The minimum absolute atomic E-state index is 0.0652. The van der Waals surface area contributed by atoms with Gasteiger partial charge in [-0.15, -0.1) is 0 Å². The van der Waals surface area contributed by atoms with Gasteiger partial charge < -0.3 is 5.11 Å². The van der Waals surface area contributed by atoms with Gasteiger partial charge in [0.15, 0.2) is 0 Å². The summed E-state index contributed by atoms with van der Waals surface area (Å²) in [7, 11) is -1.89. The second-order valence-corrected chi connectivity index (χ2v) is 5.13. The molecule has 0 radical (unpaired) electrons. The van der Waals surface area contributed by atoms with E-state index < -0.39 is 10.2 Å². The molecule has 2 N–H and O–H groups in total. The van der Waals surface area contributed by atoms with Gasteiger partial charge in [-0.3, -0.25) is 0 Å². The van der Waals surface area contributed by atoms with Gasteiger partial charge in [-0.25, -0.2) is 4.72 Å². The molecule has 1 fully saturated rings. The molecule has 0 aromatic rings. The lowest BCUT2D eigenvalue weighted by molar-refractivity contribution is 0.165. The summed E-state index contributed by atoms with van der Waals surface area (Å²) in [5.41, 5.74) is 0. The molecule has 0 aromatic heterocycles. The third-order valence-corrected chi connectivity index (χ3v) is 3.87. The van der Waals surface area contributed by atoms with Crippen LogP contribution in [0.25, 0.3) is 0 Å². The van der Waals surface area contributed by atoms with E-state index in [2.05, 4.69) is 4.72 Å². The van der Waals surface area contributed by atoms with Crippen molar-refractivity contribution in [3.63, 3.8) is 0 Å². The maximum atomic E-state index is 11.3. The average Bonchev–Trinajstić information content (AvgIpc) is 2.18. The van der Waals surface area contributed by atoms with Crippen molar-refractivity contribution in [2.75, 3.05) is 26.7 Å². The predicted octanol–water partition coefficient (Wildman–Crippen LogP) is -0.845. The molecule has 0 bridgehead atoms. The van der Waals surface area contributed by atoms with Crippen molar-refractivity contribution in [3.8, 4) is 0 Å². The number of aliphatic hydroxyl groups is 1. The zero-order chi connectivity index (χ0) is 9.90. The Morgan fingerprint density at radius 2 is 2.31 bits per heavy atom. The molecular weight excluding hydrogens is 192 g/mol. The van der Waals surface area contributed by atoms with E-state index in [-0.39, 0.29) is 12.5 Å². The lowest BCUT2D eigenvalue weighted by atomic mass is 10.0. The van der Waals surface area contributed by atoms with Gasteiger partial charge in [-0.05, 0) is 18.8 Å². The maximum Gasteiger partial charge on any atom is 0.279 e. The fourth-order valence-corrected chi connectivity index (χ4v) is 2.56. The van der Waals surface area contributed by atoms with Crippen LogP contribution < -0.4 is 4.72 Å². The van der Waals surface area contributed by atoms with Crippen LogP contribution in [-0.4, -0.2) is 44.6 Å². The highest BCUT2D eigenvalue weighted by Crippen LogP contribution is 2.17. The molecule has 78 valence electrons. The Balaban J connectivity index is 2.61. The molecule has 1 heterocycles. The van der Waals surface area contributed by atoms with E-state index in [1.807, 2.05) is 0 Å². The predicted molar refractivity (Wildman–Crippen MR) is 49.4 cm³/mol. The molecule has 0 amide bonds. The molecule has 0 aliphatic carbocycles. The Hall–Kier alpha value is -0.170. The van der Waals surface area contributed by atoms with E-state index in [1.165, 1.54) is 11.4 Å². The van der Waals surface area contributed by atoms with Gasteiger partial charge in [-0.1, -0.05) is 0 Å². The minimum atomic E-state index is -3.29. The first-order chi connectivity index (χ1) is 6.10. The molecule has 13 heavy (non-hydrogen) atoms. The lowest BCUT2D eigenvalue weighted by Crippen LogP contribution is -2.45. The van der Waals surface area contributed by atoms with Crippen LogP contribution in [0.3, 0.4) is 0 Å². The molecule has 6 heteroatoms. The SMILES string of the molecule is CNS(=O)(=O)N1CCCC(CO)C1. The van der Waals surface area contributed by atoms with Gasteiger partial charge in [0.2, 0.25) is 0 Å². The molecular formula is C7H16N2O3S. The van der Waals surface area contributed by atoms with Crippen molar-refractivity contribution >= 4 is 10.2 Å². The number of rotatable bonds is 3. The molecule has 1 saturated heterocycles. The Bertz CT molecular complexity index is 252. The summed E-state index contributed by atoms with van der Waals surface area (Å²) in [4.78, 5) is 0. The van der Waals surface area contributed by atoms with Gasteiger partial charge in [0.05, 0.1) is 0 Å². The van der Waals surface area contributed by atoms with Gasteiger partial charge in [-0.2, -0.15) is 12.7 Å². The topological polar surface area (TPSA) is 69.6 Å². The quantitative estimate of drug-likeness (QED) is 0.635. The van der Waals surface area contributed by atoms with Gasteiger partial charge in [0.1, 0.15) is 0 Å². The first-order valence-corrected chi connectivity index (χ1v) is 5.83. The molecule has 0 aromatic carbocycles. The zero-order valence-corrected chi connectivity index (χ0v) is 8.55. The molecule has 0 saturated carbocycles. The highest BCUT2D eigenvalue weighted by atomic mass is 32.2. The normalized spacial score (nSPS) is 26.2. The van der Waals surface area contributed by atoms with Crippen LogP contribution in [0.1, 0.15) is 12.8 Å². The molecule has 0 spiro atoms. The summed E-state index contributed by atoms with van der Waals surface area (Å²) in [5.74, 6) is 0.0943. The maximum absolute atomic E-state index is 11.3. The van der Waals surface area contributed by atoms with Crippen LogP contribution in [-0.2, 0) is 10.2 Å². The van der Waals surface area contributed by atoms with E-state index in [4.69, 9.17) is 5.11 Å². The molecule has 1 aliphatic heterocycles. The summed E-state index contributed by atoms with van der Waals surface area (Å²) in [6.07, 6.45) is 1.73. The van der Waals surface area contributed by atoms with E-state index in [0.29, 0.717) is 13.1 Å². The molecule has 1 rings (SSSR count). The number of aliphatic hydroxyl groups excluding tert-OH is 1. The number of hydrogen-bond acceptors (Lipinski definition) is 3. The van der Waals surface area contributed by atoms with Crippen LogP contribution >= 0.6 is 0 Å².